The molecule has 148 valence electrons. The zero-order chi connectivity index (χ0) is 19.6. The van der Waals surface area contributed by atoms with Gasteiger partial charge in [-0.15, -0.1) is 0 Å². The number of piperidine rings is 2. The van der Waals surface area contributed by atoms with Gasteiger partial charge >= 0.3 is 0 Å². The van der Waals surface area contributed by atoms with Crippen LogP contribution in [0.4, 0.5) is 19.0 Å². The molecule has 0 aromatic carbocycles. The van der Waals surface area contributed by atoms with Gasteiger partial charge in [0.15, 0.2) is 0 Å². The van der Waals surface area contributed by atoms with E-state index in [0.717, 1.165) is 6.20 Å². The Kier molecular flexibility index (Phi) is 5.69. The number of halogens is 3. The lowest BCUT2D eigenvalue weighted by Crippen LogP contribution is -2.56. The first-order chi connectivity index (χ1) is 12.8. The van der Waals surface area contributed by atoms with Crippen LogP contribution in [0.1, 0.15) is 26.2 Å². The van der Waals surface area contributed by atoms with Crippen LogP contribution in [0.15, 0.2) is 18.3 Å². The van der Waals surface area contributed by atoms with Crippen molar-refractivity contribution < 1.29 is 22.8 Å². The first-order valence-corrected chi connectivity index (χ1v) is 9.07. The number of nitrogens with one attached hydrogen (secondary N) is 2. The number of anilines is 1. The highest BCUT2D eigenvalue weighted by atomic mass is 19.3. The monoisotopic (exact) mass is 384 g/mol. The molecule has 1 unspecified atom stereocenters. The van der Waals surface area contributed by atoms with Crippen LogP contribution in [0, 0.1) is 17.7 Å². The summed E-state index contributed by atoms with van der Waals surface area (Å²) in [6, 6.07) is 1.90. The summed E-state index contributed by atoms with van der Waals surface area (Å²) >= 11 is 0. The van der Waals surface area contributed by atoms with E-state index in [9.17, 15) is 22.8 Å². The van der Waals surface area contributed by atoms with E-state index in [1.807, 2.05) is 0 Å². The molecule has 2 amide bonds. The summed E-state index contributed by atoms with van der Waals surface area (Å²) in [6.45, 7) is 2.09. The molecule has 6 nitrogen and oxygen atoms in total. The van der Waals surface area contributed by atoms with Crippen LogP contribution in [0.2, 0.25) is 0 Å². The maximum atomic E-state index is 14.5. The molecule has 2 fully saturated rings. The number of amides is 2. The quantitative estimate of drug-likeness (QED) is 0.833. The van der Waals surface area contributed by atoms with Gasteiger partial charge in [0.1, 0.15) is 11.6 Å². The fourth-order valence-corrected chi connectivity index (χ4v) is 3.74. The van der Waals surface area contributed by atoms with E-state index in [-0.39, 0.29) is 56.0 Å². The highest BCUT2D eigenvalue weighted by Gasteiger charge is 2.49. The molecule has 0 aliphatic carbocycles. The van der Waals surface area contributed by atoms with Gasteiger partial charge in [-0.25, -0.2) is 18.2 Å². The van der Waals surface area contributed by atoms with E-state index < -0.39 is 23.7 Å². The second kappa shape index (κ2) is 7.84. The molecule has 2 aliphatic rings. The standard InChI is InChI=1S/C18H23F3N4O2/c1-11(17(27)24-15-4-3-13(19)9-22-15)25-7-6-18(20,21)14(10-25)12-2-5-16(26)23-8-12/h3-4,9,11-12,14H,2,5-8,10H2,1H3,(H,23,26)(H,22,24,27)/t11-,12?,14+/m0/s1. The van der Waals surface area contributed by atoms with Crippen LogP contribution >= 0.6 is 0 Å². The zero-order valence-electron chi connectivity index (χ0n) is 15.1. The first kappa shape index (κ1) is 19.6. The van der Waals surface area contributed by atoms with Crippen LogP contribution in [-0.2, 0) is 9.59 Å². The molecule has 2 saturated heterocycles. The van der Waals surface area contributed by atoms with Gasteiger partial charge < -0.3 is 10.6 Å². The largest absolute Gasteiger partial charge is 0.356 e. The van der Waals surface area contributed by atoms with Gasteiger partial charge in [0.25, 0.3) is 5.92 Å². The van der Waals surface area contributed by atoms with Crippen molar-refractivity contribution in [3.05, 3.63) is 24.1 Å². The molecular weight excluding hydrogens is 361 g/mol. The average Bonchev–Trinajstić information content (AvgIpc) is 2.64. The van der Waals surface area contributed by atoms with Gasteiger partial charge in [0.2, 0.25) is 11.8 Å². The van der Waals surface area contributed by atoms with Gasteiger partial charge in [-0.05, 0) is 31.4 Å². The van der Waals surface area contributed by atoms with Gasteiger partial charge in [-0.2, -0.15) is 0 Å². The Morgan fingerprint density at radius 3 is 2.85 bits per heavy atom. The number of aromatic nitrogens is 1. The molecule has 0 spiro atoms. The minimum absolute atomic E-state index is 0.0823. The Morgan fingerprint density at radius 1 is 1.44 bits per heavy atom. The van der Waals surface area contributed by atoms with Crippen molar-refractivity contribution in [3.8, 4) is 0 Å². The number of nitrogens with zero attached hydrogens (tertiary/aromatic N) is 2. The third kappa shape index (κ3) is 4.58. The number of alkyl halides is 2. The molecule has 2 aliphatic heterocycles. The van der Waals surface area contributed by atoms with E-state index >= 15 is 0 Å². The number of rotatable bonds is 4. The SMILES string of the molecule is C[C@@H](C(=O)Nc1ccc(F)cn1)N1CCC(F)(F)[C@@H](C2CCC(=O)NC2)C1. The molecule has 1 aromatic rings. The van der Waals surface area contributed by atoms with Crippen molar-refractivity contribution in [1.82, 2.24) is 15.2 Å². The molecule has 2 N–H and O–H groups in total. The fourth-order valence-electron chi connectivity index (χ4n) is 3.74. The van der Waals surface area contributed by atoms with Crippen LogP contribution < -0.4 is 10.6 Å². The molecule has 3 atom stereocenters. The highest BCUT2D eigenvalue weighted by molar-refractivity contribution is 5.93. The minimum Gasteiger partial charge on any atom is -0.356 e. The molecule has 0 radical (unpaired) electrons. The number of pyridine rings is 1. The minimum atomic E-state index is -2.82. The van der Waals surface area contributed by atoms with Gasteiger partial charge in [0.05, 0.1) is 12.2 Å². The number of carbonyl (C=O) groups excluding carboxylic acids is 2. The fraction of sp³-hybridized carbons (Fsp3) is 0.611. The van der Waals surface area contributed by atoms with Crippen LogP contribution in [-0.4, -0.2) is 53.3 Å². The van der Waals surface area contributed by atoms with Crippen molar-refractivity contribution in [3.63, 3.8) is 0 Å². The summed E-state index contributed by atoms with van der Waals surface area (Å²) in [7, 11) is 0. The van der Waals surface area contributed by atoms with Crippen molar-refractivity contribution in [2.24, 2.45) is 11.8 Å². The van der Waals surface area contributed by atoms with E-state index in [2.05, 4.69) is 15.6 Å². The number of carbonyl (C=O) groups is 2. The zero-order valence-corrected chi connectivity index (χ0v) is 15.1. The predicted molar refractivity (Wildman–Crippen MR) is 92.6 cm³/mol. The van der Waals surface area contributed by atoms with Gasteiger partial charge in [0, 0.05) is 38.4 Å². The third-order valence-electron chi connectivity index (χ3n) is 5.48. The van der Waals surface area contributed by atoms with Crippen LogP contribution in [0.3, 0.4) is 0 Å². The summed E-state index contributed by atoms with van der Waals surface area (Å²) < 4.78 is 41.9. The van der Waals surface area contributed by atoms with Crippen molar-refractivity contribution in [2.75, 3.05) is 25.0 Å². The van der Waals surface area contributed by atoms with Crippen LogP contribution in [0.25, 0.3) is 0 Å². The molecule has 3 heterocycles. The van der Waals surface area contributed by atoms with E-state index in [0.29, 0.717) is 6.42 Å². The van der Waals surface area contributed by atoms with Gasteiger partial charge in [-0.3, -0.25) is 14.5 Å². The molecule has 3 rings (SSSR count). The summed E-state index contributed by atoms with van der Waals surface area (Å²) in [6.07, 6.45) is 1.35. The lowest BCUT2D eigenvalue weighted by molar-refractivity contribution is -0.145. The smallest absolute Gasteiger partial charge is 0.253 e. The maximum Gasteiger partial charge on any atom is 0.253 e. The van der Waals surface area contributed by atoms with Gasteiger partial charge in [-0.1, -0.05) is 0 Å². The van der Waals surface area contributed by atoms with Crippen molar-refractivity contribution in [2.45, 2.75) is 38.2 Å². The Balaban J connectivity index is 1.64. The molecule has 27 heavy (non-hydrogen) atoms. The topological polar surface area (TPSA) is 74.3 Å². The first-order valence-electron chi connectivity index (χ1n) is 9.07. The summed E-state index contributed by atoms with van der Waals surface area (Å²) in [5.74, 6) is -4.83. The lowest BCUT2D eigenvalue weighted by atomic mass is 9.78. The van der Waals surface area contributed by atoms with E-state index in [4.69, 9.17) is 0 Å². The molecule has 0 bridgehead atoms. The Morgan fingerprint density at radius 2 is 2.22 bits per heavy atom. The average molecular weight is 384 g/mol. The number of likely N-dealkylation sites (tertiary alicyclic amines) is 1. The lowest BCUT2D eigenvalue weighted by Gasteiger charge is -2.44. The third-order valence-corrected chi connectivity index (χ3v) is 5.48. The second-order valence-electron chi connectivity index (χ2n) is 7.24. The molecule has 9 heteroatoms. The van der Waals surface area contributed by atoms with E-state index in [1.54, 1.807) is 11.8 Å². The normalized spacial score (nSPS) is 26.9. The van der Waals surface area contributed by atoms with Crippen LogP contribution in [0.5, 0.6) is 0 Å². The number of hydrogen-bond acceptors (Lipinski definition) is 4. The summed E-state index contributed by atoms with van der Waals surface area (Å²) in [4.78, 5) is 29.3. The van der Waals surface area contributed by atoms with Crippen molar-refractivity contribution >= 4 is 17.6 Å². The van der Waals surface area contributed by atoms with E-state index in [1.165, 1.54) is 12.1 Å². The second-order valence-corrected chi connectivity index (χ2v) is 7.24. The Hall–Kier alpha value is -2.16. The Labute approximate surface area is 155 Å². The summed E-state index contributed by atoms with van der Waals surface area (Å²) in [5, 5.41) is 5.25. The highest BCUT2D eigenvalue weighted by Crippen LogP contribution is 2.40. The van der Waals surface area contributed by atoms with Crippen molar-refractivity contribution in [1.29, 1.82) is 0 Å². The number of hydrogen-bond donors (Lipinski definition) is 2. The molecule has 0 saturated carbocycles. The maximum absolute atomic E-state index is 14.5. The molecular formula is C18H23F3N4O2. The molecule has 1 aromatic heterocycles. The Bertz CT molecular complexity index is 688. The predicted octanol–water partition coefficient (Wildman–Crippen LogP) is 2.03. The summed E-state index contributed by atoms with van der Waals surface area (Å²) in [5.41, 5.74) is 0.